The summed E-state index contributed by atoms with van der Waals surface area (Å²) >= 11 is 1.50. The molecule has 1 aliphatic heterocycles. The van der Waals surface area contributed by atoms with Crippen LogP contribution in [-0.4, -0.2) is 33.0 Å². The summed E-state index contributed by atoms with van der Waals surface area (Å²) in [6.07, 6.45) is 2.20. The molecule has 22 heavy (non-hydrogen) atoms. The van der Waals surface area contributed by atoms with Crippen LogP contribution in [0, 0.1) is 0 Å². The van der Waals surface area contributed by atoms with Gasteiger partial charge in [0.2, 0.25) is 5.95 Å². The van der Waals surface area contributed by atoms with Crippen LogP contribution in [0.15, 0.2) is 27.1 Å². The maximum absolute atomic E-state index is 12.2. The van der Waals surface area contributed by atoms with Crippen LogP contribution in [0.25, 0.3) is 21.6 Å². The van der Waals surface area contributed by atoms with Gasteiger partial charge in [-0.25, -0.2) is 9.78 Å². The fraction of sp³-hybridized carbons (Fsp3) is 0.286. The number of anilines is 1. The predicted molar refractivity (Wildman–Crippen MR) is 85.5 cm³/mol. The number of nitrogens with zero attached hydrogens (tertiary/aromatic N) is 3. The molecule has 0 atom stereocenters. The van der Waals surface area contributed by atoms with E-state index in [-0.39, 0.29) is 5.65 Å². The Morgan fingerprint density at radius 2 is 1.95 bits per heavy atom. The molecule has 7 nitrogen and oxygen atoms in total. The zero-order valence-electron chi connectivity index (χ0n) is 11.6. The number of fused-ring (bicyclic) bond motifs is 1. The Labute approximate surface area is 128 Å². The summed E-state index contributed by atoms with van der Waals surface area (Å²) in [5.74, 6) is 0.564. The third-order valence-electron chi connectivity index (χ3n) is 3.73. The average molecular weight is 315 g/mol. The first kappa shape index (κ1) is 13.2. The molecule has 8 heteroatoms. The number of hydrogen-bond donors (Lipinski definition) is 2. The van der Waals surface area contributed by atoms with Crippen molar-refractivity contribution in [2.45, 2.75) is 12.8 Å². The van der Waals surface area contributed by atoms with Gasteiger partial charge in [0.1, 0.15) is 11.1 Å². The fourth-order valence-electron chi connectivity index (χ4n) is 2.71. The lowest BCUT2D eigenvalue weighted by molar-refractivity contribution is 0.902. The lowest BCUT2D eigenvalue weighted by atomic mass is 10.2. The van der Waals surface area contributed by atoms with E-state index in [0.717, 1.165) is 30.8 Å². The molecule has 0 bridgehead atoms. The van der Waals surface area contributed by atoms with E-state index in [1.807, 2.05) is 17.5 Å². The van der Waals surface area contributed by atoms with E-state index in [4.69, 9.17) is 0 Å². The van der Waals surface area contributed by atoms with Crippen LogP contribution >= 0.6 is 11.3 Å². The molecule has 2 N–H and O–H groups in total. The number of aromatic amines is 2. The Balaban J connectivity index is 2.05. The number of rotatable bonds is 2. The summed E-state index contributed by atoms with van der Waals surface area (Å²) in [6, 6.07) is 3.81. The van der Waals surface area contributed by atoms with Gasteiger partial charge in [-0.1, -0.05) is 6.07 Å². The Kier molecular flexibility index (Phi) is 3.04. The molecule has 0 unspecified atom stereocenters. The normalized spacial score (nSPS) is 14.8. The zero-order valence-corrected chi connectivity index (χ0v) is 12.4. The Morgan fingerprint density at radius 3 is 2.68 bits per heavy atom. The highest BCUT2D eigenvalue weighted by Crippen LogP contribution is 2.29. The van der Waals surface area contributed by atoms with Gasteiger partial charge in [0.25, 0.3) is 5.56 Å². The van der Waals surface area contributed by atoms with Crippen molar-refractivity contribution in [2.75, 3.05) is 18.0 Å². The summed E-state index contributed by atoms with van der Waals surface area (Å²) in [6.45, 7) is 1.78. The van der Waals surface area contributed by atoms with Gasteiger partial charge in [-0.05, 0) is 24.3 Å². The van der Waals surface area contributed by atoms with Crippen molar-refractivity contribution in [1.29, 1.82) is 0 Å². The number of nitrogens with one attached hydrogen (secondary N) is 2. The molecule has 0 amide bonds. The molecule has 4 heterocycles. The van der Waals surface area contributed by atoms with Crippen LogP contribution in [0.2, 0.25) is 0 Å². The molecule has 1 fully saturated rings. The van der Waals surface area contributed by atoms with Gasteiger partial charge < -0.3 is 4.90 Å². The minimum atomic E-state index is -0.555. The molecule has 1 aliphatic rings. The van der Waals surface area contributed by atoms with Crippen molar-refractivity contribution in [3.05, 3.63) is 38.4 Å². The largest absolute Gasteiger partial charge is 0.341 e. The summed E-state index contributed by atoms with van der Waals surface area (Å²) in [5, 5.41) is 2.25. The molecule has 0 aromatic carbocycles. The maximum atomic E-state index is 12.2. The molecule has 4 rings (SSSR count). The third-order valence-corrected chi connectivity index (χ3v) is 4.60. The number of aromatic nitrogens is 4. The quantitative estimate of drug-likeness (QED) is 0.744. The molecule has 0 aliphatic carbocycles. The molecule has 1 saturated heterocycles. The second-order valence-corrected chi connectivity index (χ2v) is 6.12. The summed E-state index contributed by atoms with van der Waals surface area (Å²) in [7, 11) is 0. The van der Waals surface area contributed by atoms with Gasteiger partial charge in [-0.3, -0.25) is 14.8 Å². The van der Waals surface area contributed by atoms with Crippen LogP contribution in [0.4, 0.5) is 5.95 Å². The Morgan fingerprint density at radius 1 is 1.14 bits per heavy atom. The summed E-state index contributed by atoms with van der Waals surface area (Å²) < 4.78 is 0. The highest BCUT2D eigenvalue weighted by atomic mass is 32.1. The number of thiophene rings is 1. The highest BCUT2D eigenvalue weighted by molar-refractivity contribution is 7.13. The van der Waals surface area contributed by atoms with Crippen molar-refractivity contribution in [2.24, 2.45) is 0 Å². The molecular weight excluding hydrogens is 302 g/mol. The lowest BCUT2D eigenvalue weighted by Gasteiger charge is -2.16. The molecule has 0 radical (unpaired) electrons. The highest BCUT2D eigenvalue weighted by Gasteiger charge is 2.20. The molecule has 0 spiro atoms. The molecule has 3 aromatic rings. The smallest absolute Gasteiger partial charge is 0.327 e. The zero-order chi connectivity index (χ0) is 15.1. The Bertz CT molecular complexity index is 938. The van der Waals surface area contributed by atoms with Crippen molar-refractivity contribution in [3.8, 4) is 10.6 Å². The minimum absolute atomic E-state index is 0.286. The van der Waals surface area contributed by atoms with E-state index >= 15 is 0 Å². The van der Waals surface area contributed by atoms with Crippen molar-refractivity contribution >= 4 is 28.3 Å². The van der Waals surface area contributed by atoms with Gasteiger partial charge >= 0.3 is 5.69 Å². The molecule has 3 aromatic heterocycles. The Hall–Kier alpha value is -2.48. The molecule has 0 saturated carbocycles. The maximum Gasteiger partial charge on any atom is 0.327 e. The monoisotopic (exact) mass is 315 g/mol. The first-order chi connectivity index (χ1) is 10.7. The van der Waals surface area contributed by atoms with E-state index in [2.05, 4.69) is 24.8 Å². The number of hydrogen-bond acceptors (Lipinski definition) is 6. The molecule has 112 valence electrons. The second kappa shape index (κ2) is 5.06. The van der Waals surface area contributed by atoms with Crippen LogP contribution in [0.5, 0.6) is 0 Å². The van der Waals surface area contributed by atoms with E-state index < -0.39 is 11.2 Å². The SMILES string of the molecule is O=c1[nH]c(=O)c2c(-c3cccs3)nc(N3CCCC3)nc2[nH]1. The van der Waals surface area contributed by atoms with Crippen molar-refractivity contribution in [1.82, 2.24) is 19.9 Å². The first-order valence-corrected chi connectivity index (χ1v) is 7.93. The summed E-state index contributed by atoms with van der Waals surface area (Å²) in [5.41, 5.74) is -0.163. The summed E-state index contributed by atoms with van der Waals surface area (Å²) in [4.78, 5) is 40.5. The average Bonchev–Trinajstić information content (AvgIpc) is 3.19. The van der Waals surface area contributed by atoms with E-state index in [1.165, 1.54) is 11.3 Å². The second-order valence-electron chi connectivity index (χ2n) is 5.18. The number of H-pyrrole nitrogens is 2. The predicted octanol–water partition coefficient (Wildman–Crippen LogP) is 1.34. The van der Waals surface area contributed by atoms with E-state index in [1.54, 1.807) is 0 Å². The van der Waals surface area contributed by atoms with Crippen molar-refractivity contribution in [3.63, 3.8) is 0 Å². The molecular formula is C14H13N5O2S. The van der Waals surface area contributed by atoms with Gasteiger partial charge in [0, 0.05) is 13.1 Å². The lowest BCUT2D eigenvalue weighted by Crippen LogP contribution is -2.26. The van der Waals surface area contributed by atoms with Crippen LogP contribution < -0.4 is 16.1 Å². The third kappa shape index (κ3) is 2.12. The van der Waals surface area contributed by atoms with Crippen LogP contribution in [0.3, 0.4) is 0 Å². The minimum Gasteiger partial charge on any atom is -0.341 e. The van der Waals surface area contributed by atoms with Gasteiger partial charge in [-0.2, -0.15) is 4.98 Å². The standard InChI is InChI=1S/C14H13N5O2S/c20-12-9-10(8-4-3-7-22-8)15-13(19-5-1-2-6-19)16-11(9)17-14(21)18-12/h3-4,7H,1-2,5-6H2,(H2,15,16,17,18,20,21). The fourth-order valence-corrected chi connectivity index (χ4v) is 3.43. The van der Waals surface area contributed by atoms with Gasteiger partial charge in [0.05, 0.1) is 4.88 Å². The van der Waals surface area contributed by atoms with Gasteiger partial charge in [-0.15, -0.1) is 11.3 Å². The van der Waals surface area contributed by atoms with Gasteiger partial charge in [0.15, 0.2) is 5.65 Å². The van der Waals surface area contributed by atoms with E-state index in [0.29, 0.717) is 17.0 Å². The van der Waals surface area contributed by atoms with E-state index in [9.17, 15) is 9.59 Å². The van der Waals surface area contributed by atoms with Crippen LogP contribution in [0.1, 0.15) is 12.8 Å². The first-order valence-electron chi connectivity index (χ1n) is 7.05. The van der Waals surface area contributed by atoms with Crippen LogP contribution in [-0.2, 0) is 0 Å². The topological polar surface area (TPSA) is 94.7 Å². The van der Waals surface area contributed by atoms with Crippen molar-refractivity contribution < 1.29 is 0 Å².